The van der Waals surface area contributed by atoms with Crippen LogP contribution in [0.3, 0.4) is 0 Å². The molecule has 0 radical (unpaired) electrons. The molecule has 38 heavy (non-hydrogen) atoms. The lowest BCUT2D eigenvalue weighted by molar-refractivity contribution is 0.0358. The van der Waals surface area contributed by atoms with Crippen LogP contribution >= 0.6 is 0 Å². The number of nitrogen functional groups attached to an aromatic ring is 1. The van der Waals surface area contributed by atoms with Gasteiger partial charge in [0.2, 0.25) is 0 Å². The third-order valence-corrected chi connectivity index (χ3v) is 8.19. The molecule has 4 rings (SSSR count). The van der Waals surface area contributed by atoms with E-state index in [1.54, 1.807) is 12.3 Å². The fourth-order valence-electron chi connectivity index (χ4n) is 5.45. The highest BCUT2D eigenvalue weighted by Gasteiger charge is 2.34. The second-order valence-corrected chi connectivity index (χ2v) is 10.9. The number of rotatable bonds is 9. The number of carbonyl (C=O) groups excluding carboxylic acids is 1. The molecule has 1 aliphatic carbocycles. The van der Waals surface area contributed by atoms with Gasteiger partial charge in [-0.2, -0.15) is 0 Å². The van der Waals surface area contributed by atoms with Gasteiger partial charge in [0, 0.05) is 23.7 Å². The van der Waals surface area contributed by atoms with E-state index in [4.69, 9.17) is 10.5 Å². The first kappa shape index (κ1) is 27.8. The number of carbonyl (C=O) groups is 1. The summed E-state index contributed by atoms with van der Waals surface area (Å²) in [7, 11) is 0. The molecule has 0 aliphatic heterocycles. The lowest BCUT2D eigenvalue weighted by atomic mass is 9.73. The van der Waals surface area contributed by atoms with Gasteiger partial charge in [0.05, 0.1) is 25.4 Å². The van der Waals surface area contributed by atoms with Gasteiger partial charge in [-0.25, -0.2) is 4.98 Å². The van der Waals surface area contributed by atoms with Crippen molar-refractivity contribution in [1.82, 2.24) is 10.3 Å². The summed E-state index contributed by atoms with van der Waals surface area (Å²) in [4.78, 5) is 17.7. The van der Waals surface area contributed by atoms with Crippen LogP contribution in [-0.2, 0) is 24.4 Å². The number of anilines is 1. The Hall–Kier alpha value is -3.22. The fourth-order valence-corrected chi connectivity index (χ4v) is 5.45. The molecule has 3 aromatic rings. The molecular formula is C32H41N3O3. The standard InChI is InChI=1S/C32H41N3O3/c1-5-25-14-24(7-6-20(25)2)18-38-19-28-12-21(3)22(4)13-30(28)35-32(37)29-15-27(16-34-31(29)33)26-10-8-23(17-36)9-11-26/h6-11,14-16,21-22,28,30,36H,5,12-13,17-19H2,1-4H3,(H2,33,34)(H,35,37). The molecule has 6 heteroatoms. The zero-order valence-electron chi connectivity index (χ0n) is 23.0. The molecule has 0 saturated heterocycles. The number of nitrogens with two attached hydrogens (primary N) is 1. The van der Waals surface area contributed by atoms with Gasteiger partial charge in [-0.15, -0.1) is 0 Å². The topological polar surface area (TPSA) is 97.5 Å². The number of nitrogens with one attached hydrogen (secondary N) is 1. The van der Waals surface area contributed by atoms with Gasteiger partial charge in [-0.1, -0.05) is 63.2 Å². The maximum atomic E-state index is 13.4. The van der Waals surface area contributed by atoms with Gasteiger partial charge in [-0.05, 0) is 71.9 Å². The Morgan fingerprint density at radius 1 is 1.05 bits per heavy atom. The molecular weight excluding hydrogens is 474 g/mol. The SMILES string of the molecule is CCc1cc(COCC2CC(C)C(C)CC2NC(=O)c2cc(-c3ccc(CO)cc3)cnc2N)ccc1C. The molecule has 1 saturated carbocycles. The summed E-state index contributed by atoms with van der Waals surface area (Å²) in [5.74, 6) is 1.32. The van der Waals surface area contributed by atoms with Crippen molar-refractivity contribution in [3.05, 3.63) is 82.5 Å². The Balaban J connectivity index is 1.45. The molecule has 1 heterocycles. The van der Waals surface area contributed by atoms with Crippen LogP contribution < -0.4 is 11.1 Å². The zero-order chi connectivity index (χ0) is 27.2. The second-order valence-electron chi connectivity index (χ2n) is 10.9. The summed E-state index contributed by atoms with van der Waals surface area (Å²) < 4.78 is 6.21. The molecule has 0 bridgehead atoms. The minimum atomic E-state index is -0.202. The maximum absolute atomic E-state index is 13.4. The normalized spacial score (nSPS) is 21.3. The highest BCUT2D eigenvalue weighted by molar-refractivity contribution is 5.99. The van der Waals surface area contributed by atoms with E-state index >= 15 is 0 Å². The molecule has 2 aromatic carbocycles. The van der Waals surface area contributed by atoms with E-state index in [0.717, 1.165) is 36.0 Å². The summed E-state index contributed by atoms with van der Waals surface area (Å²) in [6, 6.07) is 15.9. The smallest absolute Gasteiger partial charge is 0.255 e. The average Bonchev–Trinajstić information content (AvgIpc) is 2.92. The lowest BCUT2D eigenvalue weighted by Crippen LogP contribution is -2.47. The summed E-state index contributed by atoms with van der Waals surface area (Å²) >= 11 is 0. The van der Waals surface area contributed by atoms with E-state index in [1.165, 1.54) is 16.7 Å². The van der Waals surface area contributed by atoms with Gasteiger partial charge in [0.15, 0.2) is 0 Å². The number of aryl methyl sites for hydroxylation is 2. The summed E-state index contributed by atoms with van der Waals surface area (Å²) in [6.07, 6.45) is 4.60. The Labute approximate surface area is 226 Å². The number of amides is 1. The number of ether oxygens (including phenoxy) is 1. The van der Waals surface area contributed by atoms with Crippen molar-refractivity contribution >= 4 is 11.7 Å². The number of benzene rings is 2. The third-order valence-electron chi connectivity index (χ3n) is 8.19. The van der Waals surface area contributed by atoms with Crippen LogP contribution in [0.15, 0.2) is 54.7 Å². The molecule has 4 atom stereocenters. The predicted molar refractivity (Wildman–Crippen MR) is 153 cm³/mol. The highest BCUT2D eigenvalue weighted by atomic mass is 16.5. The number of pyridine rings is 1. The first-order valence-corrected chi connectivity index (χ1v) is 13.7. The second kappa shape index (κ2) is 12.5. The number of hydrogen-bond donors (Lipinski definition) is 3. The monoisotopic (exact) mass is 515 g/mol. The zero-order valence-corrected chi connectivity index (χ0v) is 23.0. The van der Waals surface area contributed by atoms with E-state index in [0.29, 0.717) is 30.6 Å². The van der Waals surface area contributed by atoms with Crippen LogP contribution in [0.25, 0.3) is 11.1 Å². The molecule has 1 amide bonds. The van der Waals surface area contributed by atoms with Crippen LogP contribution in [0.2, 0.25) is 0 Å². The van der Waals surface area contributed by atoms with Crippen molar-refractivity contribution in [3.8, 4) is 11.1 Å². The van der Waals surface area contributed by atoms with Crippen LogP contribution in [-0.4, -0.2) is 28.6 Å². The average molecular weight is 516 g/mol. The summed E-state index contributed by atoms with van der Waals surface area (Å²) in [5.41, 5.74) is 12.9. The quantitative estimate of drug-likeness (QED) is 0.340. The minimum absolute atomic E-state index is 0.00446. The van der Waals surface area contributed by atoms with Gasteiger partial charge in [0.1, 0.15) is 5.82 Å². The Bertz CT molecular complexity index is 1240. The molecule has 1 aliphatic rings. The molecule has 4 unspecified atom stereocenters. The number of nitrogens with zero attached hydrogens (tertiary/aromatic N) is 1. The van der Waals surface area contributed by atoms with Crippen LogP contribution in [0.4, 0.5) is 5.82 Å². The Morgan fingerprint density at radius 3 is 2.47 bits per heavy atom. The van der Waals surface area contributed by atoms with Gasteiger partial charge in [0.25, 0.3) is 5.91 Å². The van der Waals surface area contributed by atoms with E-state index in [2.05, 4.69) is 56.2 Å². The number of aliphatic hydroxyl groups excluding tert-OH is 1. The molecule has 6 nitrogen and oxygen atoms in total. The number of hydrogen-bond acceptors (Lipinski definition) is 5. The largest absolute Gasteiger partial charge is 0.392 e. The lowest BCUT2D eigenvalue weighted by Gasteiger charge is -2.39. The van der Waals surface area contributed by atoms with Crippen molar-refractivity contribution in [1.29, 1.82) is 0 Å². The summed E-state index contributed by atoms with van der Waals surface area (Å²) in [5, 5.41) is 12.6. The van der Waals surface area contributed by atoms with Crippen LogP contribution in [0, 0.1) is 24.7 Å². The first-order chi connectivity index (χ1) is 18.3. The molecule has 1 fully saturated rings. The Kier molecular flexibility index (Phi) is 9.18. The number of aliphatic hydroxyl groups is 1. The minimum Gasteiger partial charge on any atom is -0.392 e. The fraction of sp³-hybridized carbons (Fsp3) is 0.438. The molecule has 202 valence electrons. The predicted octanol–water partition coefficient (Wildman–Crippen LogP) is 5.69. The van der Waals surface area contributed by atoms with Crippen LogP contribution in [0.1, 0.15) is 66.2 Å². The number of aromatic nitrogens is 1. The maximum Gasteiger partial charge on any atom is 0.255 e. The van der Waals surface area contributed by atoms with Crippen molar-refractivity contribution in [2.45, 2.75) is 66.2 Å². The Morgan fingerprint density at radius 2 is 1.76 bits per heavy atom. The van der Waals surface area contributed by atoms with Crippen molar-refractivity contribution in [2.24, 2.45) is 17.8 Å². The van der Waals surface area contributed by atoms with Gasteiger partial charge in [-0.3, -0.25) is 4.79 Å². The van der Waals surface area contributed by atoms with Crippen LogP contribution in [0.5, 0.6) is 0 Å². The molecule has 0 spiro atoms. The van der Waals surface area contributed by atoms with E-state index in [9.17, 15) is 9.90 Å². The van der Waals surface area contributed by atoms with Gasteiger partial charge >= 0.3 is 0 Å². The van der Waals surface area contributed by atoms with Crippen molar-refractivity contribution in [3.63, 3.8) is 0 Å². The van der Waals surface area contributed by atoms with E-state index < -0.39 is 0 Å². The third kappa shape index (κ3) is 6.61. The van der Waals surface area contributed by atoms with Gasteiger partial charge < -0.3 is 20.9 Å². The molecule has 1 aromatic heterocycles. The highest BCUT2D eigenvalue weighted by Crippen LogP contribution is 2.34. The van der Waals surface area contributed by atoms with Crippen molar-refractivity contribution in [2.75, 3.05) is 12.3 Å². The molecule has 4 N–H and O–H groups in total. The summed E-state index contributed by atoms with van der Waals surface area (Å²) in [6.45, 7) is 10.0. The first-order valence-electron chi connectivity index (χ1n) is 13.7. The van der Waals surface area contributed by atoms with Crippen molar-refractivity contribution < 1.29 is 14.6 Å². The van der Waals surface area contributed by atoms with E-state index in [1.807, 2.05) is 24.3 Å². The van der Waals surface area contributed by atoms with E-state index in [-0.39, 0.29) is 30.3 Å².